The number of carbonyl (C=O) groups excluding carboxylic acids is 1. The lowest BCUT2D eigenvalue weighted by Crippen LogP contribution is -2.05. The highest BCUT2D eigenvalue weighted by molar-refractivity contribution is 5.69. The molecule has 1 aromatic rings. The van der Waals surface area contributed by atoms with E-state index in [4.69, 9.17) is 14.2 Å². The summed E-state index contributed by atoms with van der Waals surface area (Å²) in [4.78, 5) is 10.8. The second-order valence-electron chi connectivity index (χ2n) is 3.57. The molecule has 0 spiro atoms. The summed E-state index contributed by atoms with van der Waals surface area (Å²) in [6, 6.07) is 5.63. The number of fused-ring (bicyclic) bond motifs is 1. The average molecular weight is 238 g/mol. The molecule has 1 aromatic carbocycles. The van der Waals surface area contributed by atoms with Crippen molar-refractivity contribution in [3.8, 4) is 11.5 Å². The van der Waals surface area contributed by atoms with E-state index in [1.54, 1.807) is 0 Å². The van der Waals surface area contributed by atoms with Gasteiger partial charge in [0, 0.05) is 0 Å². The Kier molecular flexibility index (Phi) is 3.82. The third-order valence-corrected chi connectivity index (χ3v) is 2.38. The van der Waals surface area contributed by atoms with Gasteiger partial charge in [-0.05, 0) is 17.7 Å². The highest BCUT2D eigenvalue weighted by atomic mass is 16.7. The molecule has 0 bridgehead atoms. The predicted octanol–water partition coefficient (Wildman–Crippen LogP) is 1.49. The van der Waals surface area contributed by atoms with E-state index in [2.05, 4.69) is 4.74 Å². The molecule has 5 nitrogen and oxygen atoms in total. The fourth-order valence-corrected chi connectivity index (χ4v) is 1.48. The van der Waals surface area contributed by atoms with Gasteiger partial charge in [-0.1, -0.05) is 6.07 Å². The Morgan fingerprint density at radius 3 is 3.00 bits per heavy atom. The summed E-state index contributed by atoms with van der Waals surface area (Å²) in [7, 11) is 1.36. The van der Waals surface area contributed by atoms with E-state index in [1.807, 2.05) is 18.2 Å². The molecule has 0 aliphatic carbocycles. The maximum Gasteiger partial charge on any atom is 0.307 e. The van der Waals surface area contributed by atoms with Crippen LogP contribution in [0.1, 0.15) is 12.0 Å². The molecular formula is C12H14O5. The van der Waals surface area contributed by atoms with Crippen molar-refractivity contribution in [1.29, 1.82) is 0 Å². The third kappa shape index (κ3) is 3.10. The molecule has 0 atom stereocenters. The molecule has 5 heteroatoms. The maximum atomic E-state index is 10.8. The molecule has 0 N–H and O–H groups in total. The Labute approximate surface area is 99.2 Å². The van der Waals surface area contributed by atoms with Gasteiger partial charge in [0.25, 0.3) is 0 Å². The van der Waals surface area contributed by atoms with Gasteiger partial charge in [-0.2, -0.15) is 0 Å². The van der Waals surface area contributed by atoms with Crippen LogP contribution in [0, 0.1) is 0 Å². The number of hydrogen-bond donors (Lipinski definition) is 0. The Bertz CT molecular complexity index is 402. The van der Waals surface area contributed by atoms with Crippen LogP contribution in [-0.4, -0.2) is 26.5 Å². The van der Waals surface area contributed by atoms with Gasteiger partial charge in [-0.15, -0.1) is 0 Å². The molecule has 92 valence electrons. The summed E-state index contributed by atoms with van der Waals surface area (Å²) < 4.78 is 20.3. The summed E-state index contributed by atoms with van der Waals surface area (Å²) in [5.41, 5.74) is 0.985. The van der Waals surface area contributed by atoms with E-state index in [0.29, 0.717) is 13.2 Å². The number of methoxy groups -OCH3 is 1. The molecule has 0 unspecified atom stereocenters. The predicted molar refractivity (Wildman–Crippen MR) is 58.9 cm³/mol. The van der Waals surface area contributed by atoms with Crippen LogP contribution in [0.5, 0.6) is 11.5 Å². The van der Waals surface area contributed by atoms with E-state index >= 15 is 0 Å². The van der Waals surface area contributed by atoms with E-state index < -0.39 is 0 Å². The third-order valence-electron chi connectivity index (χ3n) is 2.38. The number of esters is 1. The van der Waals surface area contributed by atoms with Gasteiger partial charge in [0.1, 0.15) is 0 Å². The van der Waals surface area contributed by atoms with Crippen LogP contribution in [0.15, 0.2) is 18.2 Å². The highest BCUT2D eigenvalue weighted by Crippen LogP contribution is 2.32. The lowest BCUT2D eigenvalue weighted by molar-refractivity contribution is -0.141. The first-order valence-electron chi connectivity index (χ1n) is 5.32. The van der Waals surface area contributed by atoms with Crippen molar-refractivity contribution in [3.63, 3.8) is 0 Å². The van der Waals surface area contributed by atoms with Gasteiger partial charge < -0.3 is 18.9 Å². The first-order chi connectivity index (χ1) is 8.29. The van der Waals surface area contributed by atoms with Crippen LogP contribution in [0.4, 0.5) is 0 Å². The SMILES string of the molecule is COC(=O)CCOCc1ccc2c(c1)OCO2. The summed E-state index contributed by atoms with van der Waals surface area (Å²) >= 11 is 0. The Morgan fingerprint density at radius 2 is 2.18 bits per heavy atom. The van der Waals surface area contributed by atoms with Gasteiger partial charge in [0.2, 0.25) is 6.79 Å². The summed E-state index contributed by atoms with van der Waals surface area (Å²) in [6.07, 6.45) is 0.265. The molecule has 0 fully saturated rings. The Hall–Kier alpha value is -1.75. The fraction of sp³-hybridized carbons (Fsp3) is 0.417. The van der Waals surface area contributed by atoms with E-state index in [-0.39, 0.29) is 19.2 Å². The van der Waals surface area contributed by atoms with E-state index in [0.717, 1.165) is 17.1 Å². The molecule has 0 aromatic heterocycles. The number of benzene rings is 1. The standard InChI is InChI=1S/C12H14O5/c1-14-12(13)4-5-15-7-9-2-3-10-11(6-9)17-8-16-10/h2-3,6H,4-5,7-8H2,1H3. The van der Waals surface area contributed by atoms with Crippen LogP contribution in [-0.2, 0) is 20.9 Å². The quantitative estimate of drug-likeness (QED) is 0.574. The van der Waals surface area contributed by atoms with Gasteiger partial charge in [0.15, 0.2) is 11.5 Å². The molecule has 0 saturated heterocycles. The number of carbonyl (C=O) groups is 1. The van der Waals surface area contributed by atoms with Crippen molar-refractivity contribution in [2.45, 2.75) is 13.0 Å². The van der Waals surface area contributed by atoms with Gasteiger partial charge >= 0.3 is 5.97 Å². The van der Waals surface area contributed by atoms with E-state index in [9.17, 15) is 4.79 Å². The van der Waals surface area contributed by atoms with Crippen molar-refractivity contribution < 1.29 is 23.7 Å². The fourth-order valence-electron chi connectivity index (χ4n) is 1.48. The lowest BCUT2D eigenvalue weighted by Gasteiger charge is -2.04. The number of hydrogen-bond acceptors (Lipinski definition) is 5. The van der Waals surface area contributed by atoms with E-state index in [1.165, 1.54) is 7.11 Å². The monoisotopic (exact) mass is 238 g/mol. The largest absolute Gasteiger partial charge is 0.469 e. The molecule has 17 heavy (non-hydrogen) atoms. The minimum atomic E-state index is -0.268. The molecule has 1 heterocycles. The molecule has 1 aliphatic rings. The first-order valence-corrected chi connectivity index (χ1v) is 5.32. The van der Waals surface area contributed by atoms with Crippen molar-refractivity contribution in [2.75, 3.05) is 20.5 Å². The molecule has 1 aliphatic heterocycles. The van der Waals surface area contributed by atoms with Crippen molar-refractivity contribution in [3.05, 3.63) is 23.8 Å². The van der Waals surface area contributed by atoms with Gasteiger partial charge in [0.05, 0.1) is 26.7 Å². The summed E-state index contributed by atoms with van der Waals surface area (Å²) in [5.74, 6) is 1.22. The molecule has 2 rings (SSSR count). The Morgan fingerprint density at radius 1 is 1.35 bits per heavy atom. The second kappa shape index (κ2) is 5.54. The zero-order valence-electron chi connectivity index (χ0n) is 9.60. The molecular weight excluding hydrogens is 224 g/mol. The topological polar surface area (TPSA) is 54.0 Å². The second-order valence-corrected chi connectivity index (χ2v) is 3.57. The zero-order valence-corrected chi connectivity index (χ0v) is 9.60. The number of ether oxygens (including phenoxy) is 4. The maximum absolute atomic E-state index is 10.8. The zero-order chi connectivity index (χ0) is 12.1. The molecule has 0 amide bonds. The van der Waals surface area contributed by atoms with Crippen LogP contribution in [0.3, 0.4) is 0 Å². The first kappa shape index (κ1) is 11.7. The van der Waals surface area contributed by atoms with Crippen LogP contribution < -0.4 is 9.47 Å². The molecule has 0 saturated carbocycles. The summed E-state index contributed by atoms with van der Waals surface area (Å²) in [6.45, 7) is 1.05. The minimum absolute atomic E-state index is 0.265. The lowest BCUT2D eigenvalue weighted by atomic mass is 10.2. The highest BCUT2D eigenvalue weighted by Gasteiger charge is 2.13. The van der Waals surface area contributed by atoms with Crippen LogP contribution in [0.2, 0.25) is 0 Å². The van der Waals surface area contributed by atoms with Crippen molar-refractivity contribution in [1.82, 2.24) is 0 Å². The Balaban J connectivity index is 1.78. The number of rotatable bonds is 5. The van der Waals surface area contributed by atoms with Crippen molar-refractivity contribution >= 4 is 5.97 Å². The van der Waals surface area contributed by atoms with Gasteiger partial charge in [-0.3, -0.25) is 4.79 Å². The van der Waals surface area contributed by atoms with Crippen molar-refractivity contribution in [2.24, 2.45) is 0 Å². The normalized spacial score (nSPS) is 12.5. The minimum Gasteiger partial charge on any atom is -0.469 e. The van der Waals surface area contributed by atoms with Crippen LogP contribution in [0.25, 0.3) is 0 Å². The average Bonchev–Trinajstić information content (AvgIpc) is 2.81. The van der Waals surface area contributed by atoms with Crippen LogP contribution >= 0.6 is 0 Å². The smallest absolute Gasteiger partial charge is 0.307 e. The van der Waals surface area contributed by atoms with Gasteiger partial charge in [-0.25, -0.2) is 0 Å². The molecule has 0 radical (unpaired) electrons. The summed E-state index contributed by atoms with van der Waals surface area (Å²) in [5, 5.41) is 0.